The van der Waals surface area contributed by atoms with E-state index < -0.39 is 0 Å². The highest BCUT2D eigenvalue weighted by Gasteiger charge is 2.03. The third-order valence-corrected chi connectivity index (χ3v) is 1.76. The van der Waals surface area contributed by atoms with E-state index in [0.29, 0.717) is 13.0 Å². The average Bonchev–Trinajstić information content (AvgIpc) is 2.15. The first-order chi connectivity index (χ1) is 6.70. The lowest BCUT2D eigenvalue weighted by molar-refractivity contribution is -0.142. The van der Waals surface area contributed by atoms with E-state index in [9.17, 15) is 4.79 Å². The largest absolute Gasteiger partial charge is 0.465 e. The van der Waals surface area contributed by atoms with Crippen LogP contribution in [0.15, 0.2) is 4.99 Å². The second kappa shape index (κ2) is 8.73. The van der Waals surface area contributed by atoms with Gasteiger partial charge in [-0.2, -0.15) is 0 Å². The quantitative estimate of drug-likeness (QED) is 0.359. The molecule has 0 amide bonds. The normalized spacial score (nSPS) is 11.5. The van der Waals surface area contributed by atoms with Crippen molar-refractivity contribution in [1.82, 2.24) is 0 Å². The van der Waals surface area contributed by atoms with Crippen molar-refractivity contribution in [3.05, 3.63) is 0 Å². The Labute approximate surface area is 86.6 Å². The fourth-order valence-corrected chi connectivity index (χ4v) is 0.960. The molecule has 0 aromatic rings. The van der Waals surface area contributed by atoms with Gasteiger partial charge in [-0.15, -0.1) is 0 Å². The maximum absolute atomic E-state index is 11.1. The summed E-state index contributed by atoms with van der Waals surface area (Å²) in [5.74, 6) is -0.162. The molecule has 0 aliphatic rings. The van der Waals surface area contributed by atoms with Gasteiger partial charge in [-0.1, -0.05) is 20.3 Å². The van der Waals surface area contributed by atoms with Gasteiger partial charge < -0.3 is 4.74 Å². The second-order valence-corrected chi connectivity index (χ2v) is 3.37. The fourth-order valence-electron chi connectivity index (χ4n) is 0.960. The van der Waals surface area contributed by atoms with Crippen LogP contribution >= 0.6 is 0 Å². The van der Waals surface area contributed by atoms with E-state index in [2.05, 4.69) is 11.9 Å². The molecule has 0 bridgehead atoms. The maximum Gasteiger partial charge on any atom is 0.311 e. The molecule has 0 saturated heterocycles. The Hall–Kier alpha value is -0.860. The molecule has 0 aromatic carbocycles. The molecule has 14 heavy (non-hydrogen) atoms. The molecule has 0 radical (unpaired) electrons. The molecule has 0 spiro atoms. The molecule has 0 heterocycles. The SMILES string of the molecule is CCCC/N=C(/C)CC(=O)OCCC. The standard InChI is InChI=1S/C11H21NO2/c1-4-6-7-12-10(3)9-11(13)14-8-5-2/h4-9H2,1-3H3/b12-10-. The summed E-state index contributed by atoms with van der Waals surface area (Å²) in [5.41, 5.74) is 0.875. The van der Waals surface area contributed by atoms with Crippen LogP contribution in [-0.4, -0.2) is 24.8 Å². The average molecular weight is 199 g/mol. The molecular formula is C11H21NO2. The lowest BCUT2D eigenvalue weighted by Crippen LogP contribution is -2.10. The van der Waals surface area contributed by atoms with E-state index in [1.54, 1.807) is 0 Å². The zero-order valence-corrected chi connectivity index (χ0v) is 9.51. The number of hydrogen-bond acceptors (Lipinski definition) is 3. The van der Waals surface area contributed by atoms with Gasteiger partial charge in [0.15, 0.2) is 0 Å². The van der Waals surface area contributed by atoms with E-state index in [4.69, 9.17) is 4.74 Å². The number of hydrogen-bond donors (Lipinski definition) is 0. The van der Waals surface area contributed by atoms with Crippen LogP contribution in [0.1, 0.15) is 46.5 Å². The van der Waals surface area contributed by atoms with Crippen LogP contribution in [0.2, 0.25) is 0 Å². The monoisotopic (exact) mass is 199 g/mol. The highest BCUT2D eigenvalue weighted by Crippen LogP contribution is 1.94. The van der Waals surface area contributed by atoms with Gasteiger partial charge in [-0.05, 0) is 19.8 Å². The molecule has 82 valence electrons. The lowest BCUT2D eigenvalue weighted by atomic mass is 10.3. The lowest BCUT2D eigenvalue weighted by Gasteiger charge is -2.02. The minimum absolute atomic E-state index is 0.162. The molecule has 0 aliphatic carbocycles. The van der Waals surface area contributed by atoms with Gasteiger partial charge in [0.05, 0.1) is 13.0 Å². The van der Waals surface area contributed by atoms with E-state index in [1.165, 1.54) is 0 Å². The molecule has 0 rings (SSSR count). The van der Waals surface area contributed by atoms with Gasteiger partial charge in [0.25, 0.3) is 0 Å². The first kappa shape index (κ1) is 13.1. The predicted octanol–water partition coefficient (Wildman–Crippen LogP) is 2.59. The molecule has 0 N–H and O–H groups in total. The van der Waals surface area contributed by atoms with Crippen molar-refractivity contribution < 1.29 is 9.53 Å². The molecule has 0 unspecified atom stereocenters. The first-order valence-corrected chi connectivity index (χ1v) is 5.36. The zero-order valence-electron chi connectivity index (χ0n) is 9.51. The Kier molecular flexibility index (Phi) is 8.19. The Bertz CT molecular complexity index is 188. The number of rotatable bonds is 7. The molecule has 0 atom stereocenters. The van der Waals surface area contributed by atoms with Crippen molar-refractivity contribution in [2.45, 2.75) is 46.5 Å². The fraction of sp³-hybridized carbons (Fsp3) is 0.818. The predicted molar refractivity (Wildman–Crippen MR) is 58.8 cm³/mol. The third-order valence-electron chi connectivity index (χ3n) is 1.76. The Morgan fingerprint density at radius 1 is 1.29 bits per heavy atom. The Morgan fingerprint density at radius 2 is 2.00 bits per heavy atom. The second-order valence-electron chi connectivity index (χ2n) is 3.37. The maximum atomic E-state index is 11.1. The molecular weight excluding hydrogens is 178 g/mol. The summed E-state index contributed by atoms with van der Waals surface area (Å²) in [7, 11) is 0. The number of nitrogens with zero attached hydrogens (tertiary/aromatic N) is 1. The van der Waals surface area contributed by atoms with E-state index >= 15 is 0 Å². The van der Waals surface area contributed by atoms with Crippen molar-refractivity contribution in [3.63, 3.8) is 0 Å². The van der Waals surface area contributed by atoms with E-state index in [-0.39, 0.29) is 5.97 Å². The highest BCUT2D eigenvalue weighted by molar-refractivity contribution is 5.97. The van der Waals surface area contributed by atoms with Gasteiger partial charge in [-0.25, -0.2) is 0 Å². The topological polar surface area (TPSA) is 38.7 Å². The van der Waals surface area contributed by atoms with Crippen LogP contribution in [-0.2, 0) is 9.53 Å². The van der Waals surface area contributed by atoms with Gasteiger partial charge in [0.1, 0.15) is 0 Å². The molecule has 0 aromatic heterocycles. The summed E-state index contributed by atoms with van der Waals surface area (Å²) in [6.07, 6.45) is 3.43. The first-order valence-electron chi connectivity index (χ1n) is 5.36. The van der Waals surface area contributed by atoms with E-state index in [1.807, 2.05) is 13.8 Å². The smallest absolute Gasteiger partial charge is 0.311 e. The molecule has 0 fully saturated rings. The van der Waals surface area contributed by atoms with Crippen LogP contribution in [0, 0.1) is 0 Å². The van der Waals surface area contributed by atoms with Crippen molar-refractivity contribution >= 4 is 11.7 Å². The Balaban J connectivity index is 3.63. The summed E-state index contributed by atoms with van der Waals surface area (Å²) in [6.45, 7) is 7.32. The van der Waals surface area contributed by atoms with Crippen LogP contribution < -0.4 is 0 Å². The molecule has 0 saturated carbocycles. The zero-order chi connectivity index (χ0) is 10.8. The number of esters is 1. The van der Waals surface area contributed by atoms with Gasteiger partial charge in [0.2, 0.25) is 0 Å². The number of aliphatic imine (C=N–C) groups is 1. The van der Waals surface area contributed by atoms with Gasteiger partial charge >= 0.3 is 5.97 Å². The summed E-state index contributed by atoms with van der Waals surface area (Å²) in [6, 6.07) is 0. The molecule has 3 heteroatoms. The number of carbonyl (C=O) groups excluding carboxylic acids is 1. The molecule has 0 aliphatic heterocycles. The van der Waals surface area contributed by atoms with Crippen LogP contribution in [0.25, 0.3) is 0 Å². The highest BCUT2D eigenvalue weighted by atomic mass is 16.5. The van der Waals surface area contributed by atoms with Crippen molar-refractivity contribution in [2.24, 2.45) is 4.99 Å². The minimum atomic E-state index is -0.162. The van der Waals surface area contributed by atoms with Crippen LogP contribution in [0.4, 0.5) is 0 Å². The Morgan fingerprint density at radius 3 is 2.57 bits per heavy atom. The van der Waals surface area contributed by atoms with Gasteiger partial charge in [-0.3, -0.25) is 9.79 Å². The van der Waals surface area contributed by atoms with Crippen molar-refractivity contribution in [3.8, 4) is 0 Å². The van der Waals surface area contributed by atoms with E-state index in [0.717, 1.165) is 31.5 Å². The number of carbonyl (C=O) groups is 1. The summed E-state index contributed by atoms with van der Waals surface area (Å²) in [4.78, 5) is 15.4. The van der Waals surface area contributed by atoms with Crippen LogP contribution in [0.5, 0.6) is 0 Å². The summed E-state index contributed by atoms with van der Waals surface area (Å²) in [5, 5.41) is 0. The summed E-state index contributed by atoms with van der Waals surface area (Å²) >= 11 is 0. The third kappa shape index (κ3) is 7.77. The van der Waals surface area contributed by atoms with Crippen molar-refractivity contribution in [2.75, 3.05) is 13.2 Å². The number of unbranched alkanes of at least 4 members (excludes halogenated alkanes) is 1. The molecule has 3 nitrogen and oxygen atoms in total. The number of ether oxygens (including phenoxy) is 1. The summed E-state index contributed by atoms with van der Waals surface area (Å²) < 4.78 is 4.95. The van der Waals surface area contributed by atoms with Crippen LogP contribution in [0.3, 0.4) is 0 Å². The minimum Gasteiger partial charge on any atom is -0.465 e. The van der Waals surface area contributed by atoms with Crippen molar-refractivity contribution in [1.29, 1.82) is 0 Å². The van der Waals surface area contributed by atoms with Gasteiger partial charge in [0, 0.05) is 12.3 Å².